The van der Waals surface area contributed by atoms with Crippen molar-refractivity contribution in [2.24, 2.45) is 0 Å². The van der Waals surface area contributed by atoms with E-state index in [0.29, 0.717) is 12.1 Å². The Bertz CT molecular complexity index is 1250. The summed E-state index contributed by atoms with van der Waals surface area (Å²) in [5.74, 6) is -0.311. The second-order valence-corrected chi connectivity index (χ2v) is 8.34. The van der Waals surface area contributed by atoms with Gasteiger partial charge in [-0.05, 0) is 62.7 Å². The highest BCUT2D eigenvalue weighted by Crippen LogP contribution is 2.30. The van der Waals surface area contributed by atoms with E-state index in [1.54, 1.807) is 24.3 Å². The fourth-order valence-corrected chi connectivity index (χ4v) is 3.51. The van der Waals surface area contributed by atoms with Crippen LogP contribution < -0.4 is 9.13 Å². The van der Waals surface area contributed by atoms with E-state index >= 15 is 0 Å². The summed E-state index contributed by atoms with van der Waals surface area (Å²) >= 11 is 0. The Kier molecular flexibility index (Phi) is 7.52. The number of nitrogens with zero attached hydrogens (tertiary/aromatic N) is 2. The van der Waals surface area contributed by atoms with Crippen LogP contribution in [0.25, 0.3) is 21.5 Å². The van der Waals surface area contributed by atoms with Crippen molar-refractivity contribution in [1.82, 2.24) is 0 Å². The molecule has 4 N–H and O–H groups in total. The van der Waals surface area contributed by atoms with Crippen LogP contribution in [0.5, 0.6) is 23.0 Å². The van der Waals surface area contributed by atoms with Crippen molar-refractivity contribution < 1.29 is 29.6 Å². The molecular formula is C26H34N2O4+2. The van der Waals surface area contributed by atoms with Crippen molar-refractivity contribution in [2.45, 2.75) is 54.1 Å². The van der Waals surface area contributed by atoms with Gasteiger partial charge in [-0.2, -0.15) is 0 Å². The van der Waals surface area contributed by atoms with Gasteiger partial charge in [0, 0.05) is 29.8 Å². The van der Waals surface area contributed by atoms with Gasteiger partial charge in [-0.15, -0.1) is 0 Å². The molecule has 2 heterocycles. The predicted molar refractivity (Wildman–Crippen MR) is 127 cm³/mol. The van der Waals surface area contributed by atoms with E-state index in [4.69, 9.17) is 0 Å². The zero-order valence-corrected chi connectivity index (χ0v) is 18.5. The van der Waals surface area contributed by atoms with Crippen molar-refractivity contribution in [2.75, 3.05) is 0 Å². The van der Waals surface area contributed by atoms with Crippen LogP contribution in [0.15, 0.2) is 55.0 Å². The Balaban J connectivity index is 0.000000220. The van der Waals surface area contributed by atoms with Crippen molar-refractivity contribution >= 4 is 21.5 Å². The van der Waals surface area contributed by atoms with E-state index in [1.165, 1.54) is 0 Å². The van der Waals surface area contributed by atoms with Gasteiger partial charge in [0.05, 0.1) is 0 Å². The van der Waals surface area contributed by atoms with Crippen LogP contribution in [0.4, 0.5) is 0 Å². The average molecular weight is 439 g/mol. The van der Waals surface area contributed by atoms with Crippen LogP contribution >= 0.6 is 0 Å². The molecule has 0 bridgehead atoms. The van der Waals surface area contributed by atoms with Gasteiger partial charge in [-0.1, -0.05) is 7.43 Å². The van der Waals surface area contributed by atoms with Gasteiger partial charge in [-0.25, -0.2) is 9.13 Å². The molecule has 170 valence electrons. The van der Waals surface area contributed by atoms with E-state index < -0.39 is 0 Å². The molecule has 0 atom stereocenters. The monoisotopic (exact) mass is 438 g/mol. The normalized spacial score (nSPS) is 10.8. The van der Waals surface area contributed by atoms with E-state index in [2.05, 4.69) is 36.8 Å². The highest BCUT2D eigenvalue weighted by Gasteiger charge is 2.14. The standard InChI is InChI=1S/C13H15NO2.C12H13NO2.CH4/c1-8(2)14-7-11-6-13(16)12(15)5-10(11)4-9(14)3;1-8(2)13-4-3-9-5-11(14)12(15)6-10(9)7-13;/h4-8,16H,1-3H3;3-8,15H,1-2H3;1H4/p+2. The van der Waals surface area contributed by atoms with Crippen molar-refractivity contribution in [3.63, 3.8) is 0 Å². The molecule has 4 rings (SSSR count). The second kappa shape index (κ2) is 9.73. The molecule has 0 aliphatic heterocycles. The maximum absolute atomic E-state index is 9.46. The van der Waals surface area contributed by atoms with E-state index in [1.807, 2.05) is 37.6 Å². The summed E-state index contributed by atoms with van der Waals surface area (Å²) in [6.07, 6.45) is 5.91. The quantitative estimate of drug-likeness (QED) is 0.256. The number of aromatic hydroxyl groups is 4. The number of benzene rings is 2. The summed E-state index contributed by atoms with van der Waals surface area (Å²) in [5.41, 5.74) is 1.13. The number of rotatable bonds is 2. The number of aryl methyl sites for hydroxylation is 1. The largest absolute Gasteiger partial charge is 0.504 e. The fourth-order valence-electron chi connectivity index (χ4n) is 3.51. The molecule has 2 aromatic carbocycles. The summed E-state index contributed by atoms with van der Waals surface area (Å²) < 4.78 is 4.19. The number of hydrogen-bond donors (Lipinski definition) is 4. The predicted octanol–water partition coefficient (Wildman–Crippen LogP) is 5.18. The smallest absolute Gasteiger partial charge is 0.179 e. The van der Waals surface area contributed by atoms with Crippen molar-refractivity contribution in [1.29, 1.82) is 0 Å². The lowest BCUT2D eigenvalue weighted by atomic mass is 10.1. The summed E-state index contributed by atoms with van der Waals surface area (Å²) in [6, 6.07) is 11.0. The maximum Gasteiger partial charge on any atom is 0.179 e. The highest BCUT2D eigenvalue weighted by atomic mass is 16.3. The Hall–Kier alpha value is -3.54. The molecule has 0 aliphatic rings. The molecule has 32 heavy (non-hydrogen) atoms. The minimum atomic E-state index is -0.0796. The third-order valence-corrected chi connectivity index (χ3v) is 5.28. The number of hydrogen-bond acceptors (Lipinski definition) is 4. The van der Waals surface area contributed by atoms with Gasteiger partial charge in [-0.3, -0.25) is 0 Å². The molecule has 0 aliphatic carbocycles. The van der Waals surface area contributed by atoms with Gasteiger partial charge in [0.15, 0.2) is 59.4 Å². The average Bonchev–Trinajstić information content (AvgIpc) is 2.69. The van der Waals surface area contributed by atoms with E-state index in [0.717, 1.165) is 27.2 Å². The van der Waals surface area contributed by atoms with Gasteiger partial charge in [0.25, 0.3) is 0 Å². The molecule has 0 amide bonds. The number of phenols is 4. The van der Waals surface area contributed by atoms with Crippen LogP contribution in [0.2, 0.25) is 0 Å². The Labute approximate surface area is 189 Å². The molecule has 6 nitrogen and oxygen atoms in total. The number of phenolic OH excluding ortho intramolecular Hbond substituents is 4. The van der Waals surface area contributed by atoms with Crippen LogP contribution in [0.3, 0.4) is 0 Å². The second-order valence-electron chi connectivity index (χ2n) is 8.34. The minimum Gasteiger partial charge on any atom is -0.504 e. The first-order valence-electron chi connectivity index (χ1n) is 10.3. The highest BCUT2D eigenvalue weighted by molar-refractivity contribution is 5.85. The first kappa shape index (κ1) is 24.7. The molecule has 2 aromatic heterocycles. The molecule has 4 aromatic rings. The first-order chi connectivity index (χ1) is 14.6. The number of fused-ring (bicyclic) bond motifs is 2. The van der Waals surface area contributed by atoms with Crippen molar-refractivity contribution in [3.05, 3.63) is 60.7 Å². The Morgan fingerprint density at radius 2 is 1.09 bits per heavy atom. The zero-order valence-electron chi connectivity index (χ0n) is 18.5. The number of aromatic nitrogens is 2. The molecule has 0 radical (unpaired) electrons. The molecule has 0 saturated carbocycles. The molecule has 6 heteroatoms. The summed E-state index contributed by atoms with van der Waals surface area (Å²) in [5, 5.41) is 41.3. The molecule has 0 unspecified atom stereocenters. The molecule has 0 spiro atoms. The molecule has 0 fully saturated rings. The SMILES string of the molecule is C.CC(C)[n+]1ccc2cc(O)c(O)cc2c1.Cc1cc2cc(O)c(O)cc2c[n+]1C(C)C. The Morgan fingerprint density at radius 3 is 1.59 bits per heavy atom. The molecule has 0 saturated heterocycles. The Morgan fingerprint density at radius 1 is 0.625 bits per heavy atom. The summed E-state index contributed by atoms with van der Waals surface area (Å²) in [6.45, 7) is 10.4. The van der Waals surface area contributed by atoms with Gasteiger partial charge >= 0.3 is 0 Å². The van der Waals surface area contributed by atoms with Gasteiger partial charge in [0.1, 0.15) is 0 Å². The fraction of sp³-hybridized carbons (Fsp3) is 0.308. The first-order valence-corrected chi connectivity index (χ1v) is 10.3. The van der Waals surface area contributed by atoms with Crippen LogP contribution in [0.1, 0.15) is 52.9 Å². The molecular weight excluding hydrogens is 404 g/mol. The minimum absolute atomic E-state index is 0. The summed E-state index contributed by atoms with van der Waals surface area (Å²) in [7, 11) is 0. The van der Waals surface area contributed by atoms with Crippen molar-refractivity contribution in [3.8, 4) is 23.0 Å². The topological polar surface area (TPSA) is 88.7 Å². The summed E-state index contributed by atoms with van der Waals surface area (Å²) in [4.78, 5) is 0. The van der Waals surface area contributed by atoms with Gasteiger partial charge in [0.2, 0.25) is 0 Å². The van der Waals surface area contributed by atoms with E-state index in [9.17, 15) is 20.4 Å². The maximum atomic E-state index is 9.46. The van der Waals surface area contributed by atoms with Crippen LogP contribution in [-0.4, -0.2) is 20.4 Å². The third kappa shape index (κ3) is 5.19. The third-order valence-electron chi connectivity index (χ3n) is 5.28. The number of pyridine rings is 2. The van der Waals surface area contributed by atoms with E-state index in [-0.39, 0.29) is 30.4 Å². The van der Waals surface area contributed by atoms with Gasteiger partial charge < -0.3 is 20.4 Å². The lowest BCUT2D eigenvalue weighted by Crippen LogP contribution is -2.38. The zero-order chi connectivity index (χ0) is 22.9. The lowest BCUT2D eigenvalue weighted by molar-refractivity contribution is -0.720. The van der Waals surface area contributed by atoms with Crippen LogP contribution in [-0.2, 0) is 0 Å². The van der Waals surface area contributed by atoms with Crippen LogP contribution in [0, 0.1) is 6.92 Å². The lowest BCUT2D eigenvalue weighted by Gasteiger charge is -2.07.